The van der Waals surface area contributed by atoms with Crippen LogP contribution in [0.1, 0.15) is 21.5 Å². The average Bonchev–Trinajstić information content (AvgIpc) is 2.79. The first-order valence-electron chi connectivity index (χ1n) is 9.43. The Labute approximate surface area is 175 Å². The van der Waals surface area contributed by atoms with Crippen molar-refractivity contribution in [3.63, 3.8) is 0 Å². The molecule has 0 atom stereocenters. The van der Waals surface area contributed by atoms with Crippen LogP contribution in [0.25, 0.3) is 0 Å². The highest BCUT2D eigenvalue weighted by atomic mass is 16.5. The van der Waals surface area contributed by atoms with E-state index in [-0.39, 0.29) is 0 Å². The van der Waals surface area contributed by atoms with E-state index >= 15 is 0 Å². The second kappa shape index (κ2) is 10.0. The molecule has 2 amide bonds. The highest BCUT2D eigenvalue weighted by molar-refractivity contribution is 6.39. The van der Waals surface area contributed by atoms with Crippen molar-refractivity contribution in [1.82, 2.24) is 4.90 Å². The summed E-state index contributed by atoms with van der Waals surface area (Å²) < 4.78 is 4.65. The quantitative estimate of drug-likeness (QED) is 0.505. The van der Waals surface area contributed by atoms with Gasteiger partial charge in [-0.25, -0.2) is 4.79 Å². The Morgan fingerprint density at radius 1 is 0.767 bits per heavy atom. The van der Waals surface area contributed by atoms with Crippen LogP contribution in [0.2, 0.25) is 0 Å². The molecule has 6 nitrogen and oxygen atoms in total. The highest BCUT2D eigenvalue weighted by Crippen LogP contribution is 2.13. The second-order valence-corrected chi connectivity index (χ2v) is 6.66. The first kappa shape index (κ1) is 20.8. The summed E-state index contributed by atoms with van der Waals surface area (Å²) >= 11 is 0. The molecule has 1 N–H and O–H groups in total. The van der Waals surface area contributed by atoms with Crippen molar-refractivity contribution in [3.05, 3.63) is 102 Å². The van der Waals surface area contributed by atoms with Crippen molar-refractivity contribution in [2.45, 2.75) is 13.1 Å². The summed E-state index contributed by atoms with van der Waals surface area (Å²) in [6.07, 6.45) is 0. The molecule has 0 heterocycles. The van der Waals surface area contributed by atoms with Crippen LogP contribution in [-0.4, -0.2) is 29.8 Å². The van der Waals surface area contributed by atoms with Crippen LogP contribution in [0.15, 0.2) is 84.9 Å². The lowest BCUT2D eigenvalue weighted by molar-refractivity contribution is -0.144. The van der Waals surface area contributed by atoms with Gasteiger partial charge in [0.15, 0.2) is 0 Å². The lowest BCUT2D eigenvalue weighted by atomic mass is 10.1. The lowest BCUT2D eigenvalue weighted by Gasteiger charge is -2.22. The summed E-state index contributed by atoms with van der Waals surface area (Å²) in [6.45, 7) is 0.618. The lowest BCUT2D eigenvalue weighted by Crippen LogP contribution is -2.38. The number of hydrogen-bond donors (Lipinski definition) is 1. The van der Waals surface area contributed by atoms with Crippen molar-refractivity contribution >= 4 is 23.5 Å². The summed E-state index contributed by atoms with van der Waals surface area (Å²) in [5, 5.41) is 2.60. The molecule has 0 aliphatic heterocycles. The molecule has 0 radical (unpaired) electrons. The van der Waals surface area contributed by atoms with Gasteiger partial charge < -0.3 is 15.0 Å². The molecule has 3 rings (SSSR count). The minimum Gasteiger partial charge on any atom is -0.465 e. The number of methoxy groups -OCH3 is 1. The smallest absolute Gasteiger partial charge is 0.337 e. The molecule has 0 aliphatic rings. The zero-order valence-electron chi connectivity index (χ0n) is 16.6. The Balaban J connectivity index is 1.73. The second-order valence-electron chi connectivity index (χ2n) is 6.66. The van der Waals surface area contributed by atoms with Crippen molar-refractivity contribution in [2.24, 2.45) is 0 Å². The van der Waals surface area contributed by atoms with Crippen molar-refractivity contribution < 1.29 is 19.1 Å². The van der Waals surface area contributed by atoms with Crippen LogP contribution in [0.3, 0.4) is 0 Å². The number of esters is 1. The molecule has 0 unspecified atom stereocenters. The average molecular weight is 402 g/mol. The molecule has 0 aromatic heterocycles. The van der Waals surface area contributed by atoms with E-state index in [1.165, 1.54) is 24.1 Å². The summed E-state index contributed by atoms with van der Waals surface area (Å²) in [7, 11) is 1.30. The van der Waals surface area contributed by atoms with Crippen LogP contribution < -0.4 is 5.32 Å². The molecule has 0 saturated carbocycles. The maximum absolute atomic E-state index is 12.9. The van der Waals surface area contributed by atoms with Crippen molar-refractivity contribution in [2.75, 3.05) is 12.4 Å². The minimum absolute atomic E-state index is 0.309. The molecule has 0 spiro atoms. The largest absolute Gasteiger partial charge is 0.465 e. The number of carbonyl (C=O) groups excluding carboxylic acids is 3. The Bertz CT molecular complexity index is 961. The van der Waals surface area contributed by atoms with Gasteiger partial charge in [0.25, 0.3) is 0 Å². The van der Waals surface area contributed by atoms with Gasteiger partial charge in [-0.05, 0) is 35.4 Å². The topological polar surface area (TPSA) is 75.7 Å². The number of nitrogens with one attached hydrogen (secondary N) is 1. The predicted octanol–water partition coefficient (Wildman–Crippen LogP) is 3.64. The maximum Gasteiger partial charge on any atom is 0.337 e. The van der Waals surface area contributed by atoms with E-state index in [1.807, 2.05) is 60.7 Å². The molecular formula is C24H22N2O4. The molecule has 6 heteroatoms. The fraction of sp³-hybridized carbons (Fsp3) is 0.125. The van der Waals surface area contributed by atoms with E-state index in [0.717, 1.165) is 11.1 Å². The van der Waals surface area contributed by atoms with Crippen LogP contribution in [0.5, 0.6) is 0 Å². The van der Waals surface area contributed by atoms with Gasteiger partial charge in [0, 0.05) is 18.8 Å². The third-order valence-electron chi connectivity index (χ3n) is 4.48. The maximum atomic E-state index is 12.9. The van der Waals surface area contributed by atoms with E-state index in [0.29, 0.717) is 24.3 Å². The van der Waals surface area contributed by atoms with Crippen LogP contribution in [-0.2, 0) is 27.4 Å². The molecule has 0 aliphatic carbocycles. The number of rotatable bonds is 6. The van der Waals surface area contributed by atoms with Crippen molar-refractivity contribution in [1.29, 1.82) is 0 Å². The summed E-state index contributed by atoms with van der Waals surface area (Å²) in [5.41, 5.74) is 2.63. The number of anilines is 1. The summed E-state index contributed by atoms with van der Waals surface area (Å²) in [5.74, 6) is -1.85. The first-order valence-corrected chi connectivity index (χ1v) is 9.43. The standard InChI is InChI=1S/C24H22N2O4/c1-30-24(29)20-12-14-21(15-13-20)25-22(27)23(28)26(16-18-8-4-2-5-9-18)17-19-10-6-3-7-11-19/h2-15H,16-17H2,1H3,(H,25,27). The Hall–Kier alpha value is -3.93. The zero-order chi connectivity index (χ0) is 21.3. The van der Waals surface area contributed by atoms with E-state index in [9.17, 15) is 14.4 Å². The van der Waals surface area contributed by atoms with Gasteiger partial charge in [0.05, 0.1) is 12.7 Å². The van der Waals surface area contributed by atoms with E-state index in [1.54, 1.807) is 12.1 Å². The molecule has 3 aromatic carbocycles. The number of ether oxygens (including phenoxy) is 1. The first-order chi connectivity index (χ1) is 14.6. The van der Waals surface area contributed by atoms with Gasteiger partial charge in [-0.15, -0.1) is 0 Å². The Morgan fingerprint density at radius 3 is 1.73 bits per heavy atom. The third-order valence-corrected chi connectivity index (χ3v) is 4.48. The zero-order valence-corrected chi connectivity index (χ0v) is 16.6. The van der Waals surface area contributed by atoms with E-state index in [2.05, 4.69) is 10.1 Å². The highest BCUT2D eigenvalue weighted by Gasteiger charge is 2.22. The molecule has 0 saturated heterocycles. The SMILES string of the molecule is COC(=O)c1ccc(NC(=O)C(=O)N(Cc2ccccc2)Cc2ccccc2)cc1. The van der Waals surface area contributed by atoms with Gasteiger partial charge in [0.2, 0.25) is 0 Å². The number of hydrogen-bond acceptors (Lipinski definition) is 4. The number of nitrogens with zero attached hydrogens (tertiary/aromatic N) is 1. The minimum atomic E-state index is -0.743. The summed E-state index contributed by atoms with van der Waals surface area (Å²) in [4.78, 5) is 38.6. The third kappa shape index (κ3) is 5.54. The number of carbonyl (C=O) groups is 3. The van der Waals surface area contributed by atoms with Crippen LogP contribution in [0.4, 0.5) is 5.69 Å². The molecule has 30 heavy (non-hydrogen) atoms. The van der Waals surface area contributed by atoms with Gasteiger partial charge in [-0.2, -0.15) is 0 Å². The Morgan fingerprint density at radius 2 is 1.27 bits per heavy atom. The Kier molecular flexibility index (Phi) is 6.95. The summed E-state index contributed by atoms with van der Waals surface area (Å²) in [6, 6.07) is 25.2. The molecule has 152 valence electrons. The number of benzene rings is 3. The van der Waals surface area contributed by atoms with Gasteiger partial charge in [-0.1, -0.05) is 60.7 Å². The predicted molar refractivity (Wildman–Crippen MR) is 114 cm³/mol. The molecular weight excluding hydrogens is 380 g/mol. The van der Waals surface area contributed by atoms with Gasteiger partial charge >= 0.3 is 17.8 Å². The fourth-order valence-electron chi connectivity index (χ4n) is 2.94. The van der Waals surface area contributed by atoms with E-state index < -0.39 is 17.8 Å². The van der Waals surface area contributed by atoms with Crippen LogP contribution in [0, 0.1) is 0 Å². The molecule has 3 aromatic rings. The van der Waals surface area contributed by atoms with Gasteiger partial charge in [-0.3, -0.25) is 9.59 Å². The van der Waals surface area contributed by atoms with Gasteiger partial charge in [0.1, 0.15) is 0 Å². The molecule has 0 bridgehead atoms. The molecule has 0 fully saturated rings. The number of amides is 2. The fourth-order valence-corrected chi connectivity index (χ4v) is 2.94. The van der Waals surface area contributed by atoms with E-state index in [4.69, 9.17) is 0 Å². The normalized spacial score (nSPS) is 10.2. The monoisotopic (exact) mass is 402 g/mol. The van der Waals surface area contributed by atoms with Crippen molar-refractivity contribution in [3.8, 4) is 0 Å². The van der Waals surface area contributed by atoms with Crippen LogP contribution >= 0.6 is 0 Å².